The van der Waals surface area contributed by atoms with Crippen LogP contribution in [0.5, 0.6) is 5.75 Å². The minimum Gasteiger partial charge on any atom is -0.493 e. The molecule has 0 aromatic heterocycles. The third kappa shape index (κ3) is 5.81. The molecule has 2 amide bonds. The van der Waals surface area contributed by atoms with Crippen LogP contribution in [0.4, 0.5) is 11.4 Å². The Bertz CT molecular complexity index is 739. The summed E-state index contributed by atoms with van der Waals surface area (Å²) in [5.74, 6) is 0.135. The van der Waals surface area contributed by atoms with Gasteiger partial charge in [-0.05, 0) is 30.3 Å². The maximum absolute atomic E-state index is 11.9. The third-order valence-corrected chi connectivity index (χ3v) is 3.01. The van der Waals surface area contributed by atoms with Crippen molar-refractivity contribution in [2.75, 3.05) is 17.2 Å². The lowest BCUT2D eigenvalue weighted by Crippen LogP contribution is -2.15. The maximum atomic E-state index is 11.9. The van der Waals surface area contributed by atoms with E-state index < -0.39 is 5.91 Å². The van der Waals surface area contributed by atoms with Crippen LogP contribution in [0.15, 0.2) is 54.6 Å². The Morgan fingerprint density at radius 1 is 0.958 bits per heavy atom. The van der Waals surface area contributed by atoms with Crippen molar-refractivity contribution < 1.29 is 14.3 Å². The molecule has 0 aliphatic rings. The van der Waals surface area contributed by atoms with Gasteiger partial charge in [-0.25, -0.2) is 0 Å². The number of carbonyl (C=O) groups is 2. The lowest BCUT2D eigenvalue weighted by Gasteiger charge is -2.09. The lowest BCUT2D eigenvalue weighted by molar-refractivity contribution is -0.117. The zero-order valence-corrected chi connectivity index (χ0v) is 13.0. The van der Waals surface area contributed by atoms with Crippen molar-refractivity contribution in [1.29, 1.82) is 5.26 Å². The second kappa shape index (κ2) is 8.96. The van der Waals surface area contributed by atoms with Crippen LogP contribution in [0, 0.1) is 11.3 Å². The monoisotopic (exact) mass is 323 g/mol. The van der Waals surface area contributed by atoms with Crippen molar-refractivity contribution in [2.45, 2.75) is 12.8 Å². The Labute approximate surface area is 140 Å². The highest BCUT2D eigenvalue weighted by atomic mass is 16.5. The minimum atomic E-state index is -0.391. The summed E-state index contributed by atoms with van der Waals surface area (Å²) < 4.78 is 5.47. The van der Waals surface area contributed by atoms with Gasteiger partial charge in [-0.15, -0.1) is 0 Å². The summed E-state index contributed by atoms with van der Waals surface area (Å²) in [4.78, 5) is 23.3. The van der Waals surface area contributed by atoms with Gasteiger partial charge in [-0.1, -0.05) is 24.3 Å². The van der Waals surface area contributed by atoms with Crippen LogP contribution < -0.4 is 15.4 Å². The molecule has 2 rings (SSSR count). The van der Waals surface area contributed by atoms with E-state index in [4.69, 9.17) is 10.00 Å². The van der Waals surface area contributed by atoms with Crippen molar-refractivity contribution in [3.05, 3.63) is 54.6 Å². The molecule has 0 saturated carbocycles. The first-order valence-corrected chi connectivity index (χ1v) is 7.42. The fraction of sp³-hybridized carbons (Fsp3) is 0.167. The van der Waals surface area contributed by atoms with E-state index in [2.05, 4.69) is 10.6 Å². The molecular weight excluding hydrogens is 306 g/mol. The molecule has 0 aliphatic carbocycles. The number of anilines is 2. The zero-order valence-electron chi connectivity index (χ0n) is 13.0. The van der Waals surface area contributed by atoms with E-state index >= 15 is 0 Å². The second-order valence-corrected chi connectivity index (χ2v) is 4.92. The van der Waals surface area contributed by atoms with Crippen molar-refractivity contribution in [1.82, 2.24) is 0 Å². The summed E-state index contributed by atoms with van der Waals surface area (Å²) in [6.45, 7) is 0.272. The van der Waals surface area contributed by atoms with Gasteiger partial charge in [0.1, 0.15) is 12.2 Å². The zero-order chi connectivity index (χ0) is 17.2. The molecule has 6 nitrogen and oxygen atoms in total. The molecule has 24 heavy (non-hydrogen) atoms. The van der Waals surface area contributed by atoms with Crippen LogP contribution in [0.25, 0.3) is 0 Å². The molecule has 2 N–H and O–H groups in total. The molecular formula is C18H17N3O3. The molecule has 0 radical (unpaired) electrons. The SMILES string of the molecule is N#CCC(=O)Nc1cccc(NC(=O)CCOc2ccccc2)c1. The smallest absolute Gasteiger partial charge is 0.238 e. The molecule has 0 bridgehead atoms. The maximum Gasteiger partial charge on any atom is 0.238 e. The van der Waals surface area contributed by atoms with Gasteiger partial charge in [0, 0.05) is 11.4 Å². The molecule has 0 fully saturated rings. The van der Waals surface area contributed by atoms with Gasteiger partial charge < -0.3 is 15.4 Å². The van der Waals surface area contributed by atoms with Crippen LogP contribution in [-0.4, -0.2) is 18.4 Å². The summed E-state index contributed by atoms with van der Waals surface area (Å²) in [6, 6.07) is 17.8. The Balaban J connectivity index is 1.81. The summed E-state index contributed by atoms with van der Waals surface area (Å²) in [7, 11) is 0. The first kappa shape index (κ1) is 17.0. The Kier molecular flexibility index (Phi) is 6.35. The van der Waals surface area contributed by atoms with Crippen LogP contribution in [0.2, 0.25) is 0 Å². The van der Waals surface area contributed by atoms with Gasteiger partial charge in [0.05, 0.1) is 19.1 Å². The highest BCUT2D eigenvalue weighted by Gasteiger charge is 2.05. The number of nitriles is 1. The van der Waals surface area contributed by atoms with E-state index in [1.165, 1.54) is 0 Å². The molecule has 2 aromatic rings. The number of rotatable bonds is 7. The van der Waals surface area contributed by atoms with E-state index in [9.17, 15) is 9.59 Å². The van der Waals surface area contributed by atoms with Gasteiger partial charge in [-0.2, -0.15) is 5.26 Å². The van der Waals surface area contributed by atoms with E-state index in [0.29, 0.717) is 17.1 Å². The standard InChI is InChI=1S/C18H17N3O3/c19-11-9-17(22)20-14-5-4-6-15(13-14)21-18(23)10-12-24-16-7-2-1-3-8-16/h1-8,13H,9-10,12H2,(H,20,22)(H,21,23). The van der Waals surface area contributed by atoms with E-state index in [1.807, 2.05) is 30.3 Å². The Morgan fingerprint density at radius 2 is 1.62 bits per heavy atom. The van der Waals surface area contributed by atoms with E-state index in [1.54, 1.807) is 30.3 Å². The number of ether oxygens (including phenoxy) is 1. The summed E-state index contributed by atoms with van der Waals surface area (Å²) in [5, 5.41) is 13.8. The number of hydrogen-bond donors (Lipinski definition) is 2. The molecule has 0 heterocycles. The molecule has 0 unspecified atom stereocenters. The van der Waals surface area contributed by atoms with Crippen LogP contribution in [-0.2, 0) is 9.59 Å². The van der Waals surface area contributed by atoms with Crippen LogP contribution >= 0.6 is 0 Å². The van der Waals surface area contributed by atoms with Gasteiger partial charge in [0.15, 0.2) is 0 Å². The molecule has 2 aromatic carbocycles. The van der Waals surface area contributed by atoms with E-state index in [0.717, 1.165) is 0 Å². The minimum absolute atomic E-state index is 0.188. The average molecular weight is 323 g/mol. The number of nitrogens with one attached hydrogen (secondary N) is 2. The average Bonchev–Trinajstić information content (AvgIpc) is 2.56. The topological polar surface area (TPSA) is 91.2 Å². The van der Waals surface area contributed by atoms with Crippen LogP contribution in [0.3, 0.4) is 0 Å². The number of benzene rings is 2. The molecule has 0 saturated heterocycles. The molecule has 0 atom stereocenters. The highest BCUT2D eigenvalue weighted by Crippen LogP contribution is 2.15. The summed E-state index contributed by atoms with van der Waals surface area (Å²) >= 11 is 0. The molecule has 0 aliphatic heterocycles. The quantitative estimate of drug-likeness (QED) is 0.819. The lowest BCUT2D eigenvalue weighted by atomic mass is 10.2. The summed E-state index contributed by atoms with van der Waals surface area (Å²) in [6.07, 6.45) is -0.00662. The van der Waals surface area contributed by atoms with Crippen molar-refractivity contribution in [2.24, 2.45) is 0 Å². The Morgan fingerprint density at radius 3 is 2.29 bits per heavy atom. The normalized spacial score (nSPS) is 9.62. The van der Waals surface area contributed by atoms with Crippen molar-refractivity contribution >= 4 is 23.2 Å². The number of nitrogens with zero attached hydrogens (tertiary/aromatic N) is 1. The largest absolute Gasteiger partial charge is 0.493 e. The fourth-order valence-electron chi connectivity index (χ4n) is 1.95. The van der Waals surface area contributed by atoms with E-state index in [-0.39, 0.29) is 25.4 Å². The number of carbonyl (C=O) groups excluding carboxylic acids is 2. The van der Waals surface area contributed by atoms with Gasteiger partial charge in [0.2, 0.25) is 11.8 Å². The highest BCUT2D eigenvalue weighted by molar-refractivity contribution is 5.94. The van der Waals surface area contributed by atoms with Gasteiger partial charge in [-0.3, -0.25) is 9.59 Å². The van der Waals surface area contributed by atoms with Gasteiger partial charge in [0.25, 0.3) is 0 Å². The summed E-state index contributed by atoms with van der Waals surface area (Å²) in [5.41, 5.74) is 1.09. The predicted octanol–water partition coefficient (Wildman–Crippen LogP) is 2.95. The molecule has 6 heteroatoms. The number of amides is 2. The predicted molar refractivity (Wildman–Crippen MR) is 90.5 cm³/mol. The molecule has 122 valence electrons. The fourth-order valence-corrected chi connectivity index (χ4v) is 1.95. The number of para-hydroxylation sites is 1. The first-order valence-electron chi connectivity index (χ1n) is 7.42. The molecule has 0 spiro atoms. The first-order chi connectivity index (χ1) is 11.7. The third-order valence-electron chi connectivity index (χ3n) is 3.01. The van der Waals surface area contributed by atoms with Crippen LogP contribution in [0.1, 0.15) is 12.8 Å². The van der Waals surface area contributed by atoms with Crippen molar-refractivity contribution in [3.63, 3.8) is 0 Å². The Hall–Kier alpha value is -3.33. The van der Waals surface area contributed by atoms with Gasteiger partial charge >= 0.3 is 0 Å². The van der Waals surface area contributed by atoms with Crippen molar-refractivity contribution in [3.8, 4) is 11.8 Å². The second-order valence-electron chi connectivity index (χ2n) is 4.92. The number of hydrogen-bond acceptors (Lipinski definition) is 4.